The van der Waals surface area contributed by atoms with Crippen molar-refractivity contribution in [1.29, 1.82) is 0 Å². The predicted molar refractivity (Wildman–Crippen MR) is 78.7 cm³/mol. The number of esters is 1. The fraction of sp³-hybridized carbons (Fsp3) is 0.462. The molecule has 122 valence electrons. The third-order valence-corrected chi connectivity index (χ3v) is 3.88. The highest BCUT2D eigenvalue weighted by atomic mass is 32.2. The van der Waals surface area contributed by atoms with Crippen molar-refractivity contribution in [1.82, 2.24) is 4.72 Å². The molecule has 22 heavy (non-hydrogen) atoms. The van der Waals surface area contributed by atoms with Gasteiger partial charge in [0.2, 0.25) is 10.0 Å². The Morgan fingerprint density at radius 1 is 1.27 bits per heavy atom. The van der Waals surface area contributed by atoms with E-state index in [0.717, 1.165) is 24.3 Å². The van der Waals surface area contributed by atoms with Crippen LogP contribution in [0.1, 0.15) is 27.2 Å². The first-order valence-electron chi connectivity index (χ1n) is 6.47. The largest absolute Gasteiger partial charge is 0.460 e. The molecule has 9 heteroatoms. The van der Waals surface area contributed by atoms with Gasteiger partial charge in [0.1, 0.15) is 5.60 Å². The number of nitrogens with zero attached hydrogens (tertiary/aromatic N) is 1. The van der Waals surface area contributed by atoms with Crippen molar-refractivity contribution in [2.45, 2.75) is 37.7 Å². The highest BCUT2D eigenvalue weighted by Gasteiger charge is 2.18. The number of non-ortho nitro benzene ring substituents is 1. The number of nitrogens with one attached hydrogen (secondary N) is 1. The molecule has 0 aromatic heterocycles. The molecule has 1 rings (SSSR count). The summed E-state index contributed by atoms with van der Waals surface area (Å²) in [6.07, 6.45) is -0.108. The number of sulfonamides is 1. The number of rotatable bonds is 6. The van der Waals surface area contributed by atoms with Crippen LogP contribution in [0.15, 0.2) is 29.2 Å². The summed E-state index contributed by atoms with van der Waals surface area (Å²) in [5, 5.41) is 10.5. The quantitative estimate of drug-likeness (QED) is 0.481. The van der Waals surface area contributed by atoms with Gasteiger partial charge < -0.3 is 4.74 Å². The number of benzene rings is 1. The summed E-state index contributed by atoms with van der Waals surface area (Å²) in [6.45, 7) is 5.03. The third kappa shape index (κ3) is 5.78. The number of carbonyl (C=O) groups is 1. The first kappa shape index (κ1) is 18.1. The zero-order valence-electron chi connectivity index (χ0n) is 12.5. The molecule has 0 aliphatic heterocycles. The molecule has 0 bridgehead atoms. The Hall–Kier alpha value is -2.00. The van der Waals surface area contributed by atoms with Gasteiger partial charge in [-0.1, -0.05) is 0 Å². The third-order valence-electron chi connectivity index (χ3n) is 2.40. The van der Waals surface area contributed by atoms with Crippen molar-refractivity contribution in [3.05, 3.63) is 34.4 Å². The lowest BCUT2D eigenvalue weighted by molar-refractivity contribution is -0.384. The number of hydrogen-bond acceptors (Lipinski definition) is 6. The molecular formula is C13H18N2O6S. The fourth-order valence-corrected chi connectivity index (χ4v) is 2.54. The van der Waals surface area contributed by atoms with Crippen molar-refractivity contribution >= 4 is 21.7 Å². The van der Waals surface area contributed by atoms with Crippen molar-refractivity contribution in [3.8, 4) is 0 Å². The van der Waals surface area contributed by atoms with E-state index in [4.69, 9.17) is 4.74 Å². The van der Waals surface area contributed by atoms with E-state index in [2.05, 4.69) is 4.72 Å². The average Bonchev–Trinajstić information content (AvgIpc) is 2.36. The first-order chi connectivity index (χ1) is 10.0. The average molecular weight is 330 g/mol. The van der Waals surface area contributed by atoms with Crippen LogP contribution in [0.25, 0.3) is 0 Å². The molecule has 1 aromatic carbocycles. The van der Waals surface area contributed by atoms with Crippen LogP contribution in [-0.2, 0) is 19.6 Å². The van der Waals surface area contributed by atoms with Gasteiger partial charge in [-0.25, -0.2) is 13.1 Å². The van der Waals surface area contributed by atoms with E-state index >= 15 is 0 Å². The smallest absolute Gasteiger partial charge is 0.307 e. The summed E-state index contributed by atoms with van der Waals surface area (Å²) < 4.78 is 31.2. The molecule has 0 atom stereocenters. The van der Waals surface area contributed by atoms with Crippen LogP contribution in [0.4, 0.5) is 5.69 Å². The Kier molecular flexibility index (Phi) is 5.61. The van der Waals surface area contributed by atoms with E-state index in [9.17, 15) is 23.3 Å². The highest BCUT2D eigenvalue weighted by Crippen LogP contribution is 2.15. The Morgan fingerprint density at radius 2 is 1.82 bits per heavy atom. The normalized spacial score (nSPS) is 12.0. The van der Waals surface area contributed by atoms with Crippen LogP contribution in [-0.4, -0.2) is 31.5 Å². The number of ether oxygens (including phenoxy) is 1. The Bertz CT molecular complexity index is 646. The number of nitro groups is 1. The lowest BCUT2D eigenvalue weighted by Gasteiger charge is -2.19. The maximum absolute atomic E-state index is 11.9. The summed E-state index contributed by atoms with van der Waals surface area (Å²) in [7, 11) is -3.82. The fourth-order valence-electron chi connectivity index (χ4n) is 1.51. The second-order valence-electron chi connectivity index (χ2n) is 5.49. The molecule has 1 aromatic rings. The van der Waals surface area contributed by atoms with Crippen LogP contribution in [0.3, 0.4) is 0 Å². The molecule has 8 nitrogen and oxygen atoms in total. The van der Waals surface area contributed by atoms with Crippen molar-refractivity contribution in [2.24, 2.45) is 0 Å². The summed E-state index contributed by atoms with van der Waals surface area (Å²) in [6, 6.07) is 4.47. The van der Waals surface area contributed by atoms with Gasteiger partial charge >= 0.3 is 5.97 Å². The van der Waals surface area contributed by atoms with Gasteiger partial charge in [-0.15, -0.1) is 0 Å². The zero-order valence-corrected chi connectivity index (χ0v) is 13.3. The molecule has 0 aliphatic rings. The molecular weight excluding hydrogens is 312 g/mol. The summed E-state index contributed by atoms with van der Waals surface area (Å²) in [5.74, 6) is -0.515. The van der Waals surface area contributed by atoms with E-state index in [1.54, 1.807) is 20.8 Å². The molecule has 0 amide bonds. The standard InChI is InChI=1S/C13H18N2O6S/c1-13(2,3)21-12(16)8-9-14-22(19,20)11-6-4-10(5-7-11)15(17)18/h4-7,14H,8-9H2,1-3H3. The summed E-state index contributed by atoms with van der Waals surface area (Å²) in [4.78, 5) is 21.3. The second kappa shape index (κ2) is 6.84. The topological polar surface area (TPSA) is 116 Å². The maximum Gasteiger partial charge on any atom is 0.307 e. The molecule has 0 spiro atoms. The second-order valence-corrected chi connectivity index (χ2v) is 7.25. The van der Waals surface area contributed by atoms with E-state index in [0.29, 0.717) is 0 Å². The van der Waals surface area contributed by atoms with Crippen LogP contribution < -0.4 is 4.72 Å². The molecule has 0 saturated carbocycles. The van der Waals surface area contributed by atoms with Crippen LogP contribution in [0, 0.1) is 10.1 Å². The van der Waals surface area contributed by atoms with Gasteiger partial charge in [0.25, 0.3) is 5.69 Å². The van der Waals surface area contributed by atoms with Crippen LogP contribution >= 0.6 is 0 Å². The molecule has 0 heterocycles. The lowest BCUT2D eigenvalue weighted by Crippen LogP contribution is -2.29. The summed E-state index contributed by atoms with van der Waals surface area (Å²) >= 11 is 0. The van der Waals surface area contributed by atoms with Crippen LogP contribution in [0.5, 0.6) is 0 Å². The minimum Gasteiger partial charge on any atom is -0.460 e. The van der Waals surface area contributed by atoms with Gasteiger partial charge in [0.05, 0.1) is 16.2 Å². The Balaban J connectivity index is 2.61. The maximum atomic E-state index is 11.9. The molecule has 0 aliphatic carbocycles. The zero-order chi connectivity index (χ0) is 17.0. The minimum absolute atomic E-state index is 0.108. The van der Waals surface area contributed by atoms with Gasteiger partial charge in [-0.05, 0) is 32.9 Å². The number of carbonyl (C=O) groups excluding carboxylic acids is 1. The van der Waals surface area contributed by atoms with Gasteiger partial charge in [0, 0.05) is 18.7 Å². The molecule has 0 unspecified atom stereocenters. The Labute approximate surface area is 128 Å². The van der Waals surface area contributed by atoms with Crippen molar-refractivity contribution < 1.29 is 22.9 Å². The summed E-state index contributed by atoms with van der Waals surface area (Å²) in [5.41, 5.74) is -0.832. The molecule has 1 N–H and O–H groups in total. The lowest BCUT2D eigenvalue weighted by atomic mass is 10.2. The highest BCUT2D eigenvalue weighted by molar-refractivity contribution is 7.89. The van der Waals surface area contributed by atoms with Gasteiger partial charge in [-0.3, -0.25) is 14.9 Å². The van der Waals surface area contributed by atoms with Gasteiger partial charge in [-0.2, -0.15) is 0 Å². The monoisotopic (exact) mass is 330 g/mol. The molecule has 0 radical (unpaired) electrons. The SMILES string of the molecule is CC(C)(C)OC(=O)CCNS(=O)(=O)c1ccc([N+](=O)[O-])cc1. The molecule has 0 saturated heterocycles. The van der Waals surface area contributed by atoms with E-state index in [-0.39, 0.29) is 23.5 Å². The van der Waals surface area contributed by atoms with Crippen LogP contribution in [0.2, 0.25) is 0 Å². The Morgan fingerprint density at radius 3 is 2.27 bits per heavy atom. The van der Waals surface area contributed by atoms with E-state index in [1.165, 1.54) is 0 Å². The van der Waals surface area contributed by atoms with Crippen molar-refractivity contribution in [2.75, 3.05) is 6.54 Å². The number of hydrogen-bond donors (Lipinski definition) is 1. The molecule has 0 fully saturated rings. The minimum atomic E-state index is -3.82. The predicted octanol–water partition coefficient (Wildman–Crippen LogP) is 1.60. The van der Waals surface area contributed by atoms with Gasteiger partial charge in [0.15, 0.2) is 0 Å². The number of nitro benzene ring substituents is 1. The van der Waals surface area contributed by atoms with Crippen molar-refractivity contribution in [3.63, 3.8) is 0 Å². The van der Waals surface area contributed by atoms with E-state index in [1.807, 2.05) is 0 Å². The first-order valence-corrected chi connectivity index (χ1v) is 7.95. The van der Waals surface area contributed by atoms with E-state index < -0.39 is 26.5 Å².